The van der Waals surface area contributed by atoms with Gasteiger partial charge in [-0.15, -0.1) is 0 Å². The van der Waals surface area contributed by atoms with E-state index in [4.69, 9.17) is 5.11 Å². The zero-order valence-electron chi connectivity index (χ0n) is 7.95. The maximum absolute atomic E-state index is 8.62. The monoisotopic (exact) mass is 183 g/mol. The summed E-state index contributed by atoms with van der Waals surface area (Å²) in [6.07, 6.45) is 3.61. The Morgan fingerprint density at radius 3 is 3.15 bits per heavy atom. The van der Waals surface area contributed by atoms with Crippen LogP contribution in [-0.2, 0) is 6.54 Å². The van der Waals surface area contributed by atoms with Gasteiger partial charge in [0.15, 0.2) is 0 Å². The van der Waals surface area contributed by atoms with Crippen LogP contribution in [0.1, 0.15) is 25.5 Å². The maximum atomic E-state index is 8.62. The molecule has 0 aliphatic rings. The van der Waals surface area contributed by atoms with Crippen molar-refractivity contribution < 1.29 is 5.11 Å². The van der Waals surface area contributed by atoms with E-state index in [1.807, 2.05) is 6.07 Å². The van der Waals surface area contributed by atoms with Crippen molar-refractivity contribution in [3.8, 4) is 0 Å². The van der Waals surface area contributed by atoms with E-state index in [1.165, 1.54) is 0 Å². The lowest BCUT2D eigenvalue weighted by Crippen LogP contribution is -2.25. The highest BCUT2D eigenvalue weighted by Crippen LogP contribution is 1.97. The molecule has 0 radical (unpaired) electrons. The number of hydrogen-bond acceptors (Lipinski definition) is 3. The Balaban J connectivity index is 2.11. The van der Waals surface area contributed by atoms with Crippen LogP contribution in [0.5, 0.6) is 0 Å². The van der Waals surface area contributed by atoms with E-state index in [9.17, 15) is 0 Å². The minimum Gasteiger partial charge on any atom is -0.396 e. The molecule has 3 N–H and O–H groups in total. The number of aromatic nitrogens is 2. The van der Waals surface area contributed by atoms with E-state index >= 15 is 0 Å². The first-order valence-corrected chi connectivity index (χ1v) is 4.65. The lowest BCUT2D eigenvalue weighted by Gasteiger charge is -2.11. The zero-order valence-corrected chi connectivity index (χ0v) is 7.95. The topological polar surface area (TPSA) is 60.9 Å². The third-order valence-corrected chi connectivity index (χ3v) is 1.99. The van der Waals surface area contributed by atoms with Gasteiger partial charge >= 0.3 is 0 Å². The molecule has 0 amide bonds. The van der Waals surface area contributed by atoms with Crippen molar-refractivity contribution in [1.29, 1.82) is 0 Å². The Kier molecular flexibility index (Phi) is 4.49. The average molecular weight is 183 g/mol. The second kappa shape index (κ2) is 5.72. The molecule has 1 unspecified atom stereocenters. The Labute approximate surface area is 78.4 Å². The normalized spacial score (nSPS) is 13.1. The molecule has 0 aliphatic heterocycles. The highest BCUT2D eigenvalue weighted by atomic mass is 16.2. The van der Waals surface area contributed by atoms with Gasteiger partial charge in [0.1, 0.15) is 0 Å². The quantitative estimate of drug-likeness (QED) is 0.607. The van der Waals surface area contributed by atoms with Gasteiger partial charge in [0.25, 0.3) is 0 Å². The molecule has 0 fully saturated rings. The van der Waals surface area contributed by atoms with E-state index in [0.717, 1.165) is 25.1 Å². The van der Waals surface area contributed by atoms with Gasteiger partial charge in [-0.05, 0) is 25.8 Å². The Hall–Kier alpha value is -0.870. The summed E-state index contributed by atoms with van der Waals surface area (Å²) >= 11 is 0. The summed E-state index contributed by atoms with van der Waals surface area (Å²) in [6.45, 7) is 3.20. The average Bonchev–Trinajstić information content (AvgIpc) is 2.64. The van der Waals surface area contributed by atoms with Crippen molar-refractivity contribution in [1.82, 2.24) is 15.5 Å². The molecule has 4 heteroatoms. The maximum Gasteiger partial charge on any atom is 0.0490 e. The number of aliphatic hydroxyl groups excluding tert-OH is 1. The number of H-pyrrole nitrogens is 1. The summed E-state index contributed by atoms with van der Waals surface area (Å²) < 4.78 is 0. The minimum atomic E-state index is 0.274. The standard InChI is InChI=1S/C9H17N3O/c1-8(3-2-6-13)10-7-9-4-5-11-12-9/h4-5,8,10,13H,2-3,6-7H2,1H3,(H,11,12). The fourth-order valence-corrected chi connectivity index (χ4v) is 1.17. The second-order valence-electron chi connectivity index (χ2n) is 3.23. The van der Waals surface area contributed by atoms with E-state index in [0.29, 0.717) is 6.04 Å². The van der Waals surface area contributed by atoms with Gasteiger partial charge < -0.3 is 10.4 Å². The summed E-state index contributed by atoms with van der Waals surface area (Å²) in [4.78, 5) is 0. The van der Waals surface area contributed by atoms with Gasteiger partial charge in [0.2, 0.25) is 0 Å². The number of nitrogens with zero attached hydrogens (tertiary/aromatic N) is 1. The molecule has 1 aromatic heterocycles. The van der Waals surface area contributed by atoms with Crippen LogP contribution >= 0.6 is 0 Å². The molecular formula is C9H17N3O. The molecule has 0 aliphatic carbocycles. The first-order valence-electron chi connectivity index (χ1n) is 4.65. The first-order chi connectivity index (χ1) is 6.33. The Morgan fingerprint density at radius 2 is 2.54 bits per heavy atom. The van der Waals surface area contributed by atoms with Crippen molar-refractivity contribution in [2.24, 2.45) is 0 Å². The van der Waals surface area contributed by atoms with E-state index in [1.54, 1.807) is 6.20 Å². The van der Waals surface area contributed by atoms with Gasteiger partial charge in [-0.2, -0.15) is 5.10 Å². The van der Waals surface area contributed by atoms with Crippen LogP contribution in [0.3, 0.4) is 0 Å². The SMILES string of the molecule is CC(CCCO)NCc1ccn[nH]1. The van der Waals surface area contributed by atoms with Crippen molar-refractivity contribution in [2.45, 2.75) is 32.4 Å². The third-order valence-electron chi connectivity index (χ3n) is 1.99. The van der Waals surface area contributed by atoms with Crippen LogP contribution in [0.15, 0.2) is 12.3 Å². The van der Waals surface area contributed by atoms with Crippen molar-refractivity contribution in [2.75, 3.05) is 6.61 Å². The molecule has 1 aromatic rings. The Bertz CT molecular complexity index is 211. The predicted molar refractivity (Wildman–Crippen MR) is 51.2 cm³/mol. The Morgan fingerprint density at radius 1 is 1.69 bits per heavy atom. The lowest BCUT2D eigenvalue weighted by molar-refractivity contribution is 0.276. The van der Waals surface area contributed by atoms with Crippen molar-refractivity contribution in [3.63, 3.8) is 0 Å². The van der Waals surface area contributed by atoms with Crippen molar-refractivity contribution >= 4 is 0 Å². The lowest BCUT2D eigenvalue weighted by atomic mass is 10.2. The molecule has 1 atom stereocenters. The predicted octanol–water partition coefficient (Wildman–Crippen LogP) is 0.660. The van der Waals surface area contributed by atoms with Gasteiger partial charge in [0, 0.05) is 31.1 Å². The molecule has 74 valence electrons. The smallest absolute Gasteiger partial charge is 0.0490 e. The molecule has 1 rings (SSSR count). The van der Waals surface area contributed by atoms with Gasteiger partial charge in [-0.3, -0.25) is 5.10 Å². The van der Waals surface area contributed by atoms with Gasteiger partial charge in [-0.1, -0.05) is 0 Å². The molecule has 0 spiro atoms. The van der Waals surface area contributed by atoms with Crippen LogP contribution in [0.2, 0.25) is 0 Å². The molecular weight excluding hydrogens is 166 g/mol. The summed E-state index contributed by atoms with van der Waals surface area (Å²) in [5.41, 5.74) is 1.09. The molecule has 0 saturated carbocycles. The number of aromatic amines is 1. The summed E-state index contributed by atoms with van der Waals surface area (Å²) in [5, 5.41) is 18.7. The molecule has 0 saturated heterocycles. The van der Waals surface area contributed by atoms with Gasteiger partial charge in [-0.25, -0.2) is 0 Å². The molecule has 1 heterocycles. The summed E-state index contributed by atoms with van der Waals surface area (Å²) in [5.74, 6) is 0. The number of aliphatic hydroxyl groups is 1. The fraction of sp³-hybridized carbons (Fsp3) is 0.667. The molecule has 0 aromatic carbocycles. The van der Waals surface area contributed by atoms with Crippen LogP contribution < -0.4 is 5.32 Å². The minimum absolute atomic E-state index is 0.274. The largest absolute Gasteiger partial charge is 0.396 e. The van der Waals surface area contributed by atoms with Crippen molar-refractivity contribution in [3.05, 3.63) is 18.0 Å². The molecule has 4 nitrogen and oxygen atoms in total. The molecule has 13 heavy (non-hydrogen) atoms. The van der Waals surface area contributed by atoms with Crippen LogP contribution in [0.25, 0.3) is 0 Å². The highest BCUT2D eigenvalue weighted by molar-refractivity contribution is 4.96. The number of nitrogens with one attached hydrogen (secondary N) is 2. The van der Waals surface area contributed by atoms with Crippen LogP contribution in [0, 0.1) is 0 Å². The zero-order chi connectivity index (χ0) is 9.52. The summed E-state index contributed by atoms with van der Waals surface area (Å²) in [6, 6.07) is 2.39. The van der Waals surface area contributed by atoms with E-state index < -0.39 is 0 Å². The van der Waals surface area contributed by atoms with Crippen LogP contribution in [0.4, 0.5) is 0 Å². The van der Waals surface area contributed by atoms with Gasteiger partial charge in [0.05, 0.1) is 0 Å². The fourth-order valence-electron chi connectivity index (χ4n) is 1.17. The van der Waals surface area contributed by atoms with Crippen LogP contribution in [-0.4, -0.2) is 28.0 Å². The number of rotatable bonds is 6. The summed E-state index contributed by atoms with van der Waals surface area (Å²) in [7, 11) is 0. The second-order valence-corrected chi connectivity index (χ2v) is 3.23. The van der Waals surface area contributed by atoms with E-state index in [2.05, 4.69) is 22.4 Å². The molecule has 0 bridgehead atoms. The van der Waals surface area contributed by atoms with E-state index in [-0.39, 0.29) is 6.61 Å². The highest BCUT2D eigenvalue weighted by Gasteiger charge is 2.00. The first kappa shape index (κ1) is 10.2. The third kappa shape index (κ3) is 4.05. The number of hydrogen-bond donors (Lipinski definition) is 3.